The van der Waals surface area contributed by atoms with E-state index < -0.39 is 0 Å². The smallest absolute Gasteiger partial charge is 0.0597 e. The van der Waals surface area contributed by atoms with Gasteiger partial charge in [0.2, 0.25) is 0 Å². The Morgan fingerprint density at radius 3 is 2.44 bits per heavy atom. The Bertz CT molecular complexity index is 169. The van der Waals surface area contributed by atoms with E-state index in [1.807, 2.05) is 0 Å². The van der Waals surface area contributed by atoms with Crippen LogP contribution in [0.25, 0.3) is 0 Å². The zero-order valence-electron chi connectivity index (χ0n) is 10.8. The van der Waals surface area contributed by atoms with Gasteiger partial charge in [0.15, 0.2) is 0 Å². The van der Waals surface area contributed by atoms with Crippen molar-refractivity contribution in [3.63, 3.8) is 0 Å². The van der Waals surface area contributed by atoms with E-state index in [2.05, 4.69) is 18.7 Å². The zero-order valence-corrected chi connectivity index (χ0v) is 11.5. The SMILES string of the molecule is CC(C)OCCN(CCCl)C1CCCCC1. The van der Waals surface area contributed by atoms with E-state index in [-0.39, 0.29) is 0 Å². The van der Waals surface area contributed by atoms with Crippen LogP contribution < -0.4 is 0 Å². The van der Waals surface area contributed by atoms with Crippen LogP contribution in [0, 0.1) is 0 Å². The van der Waals surface area contributed by atoms with E-state index in [4.69, 9.17) is 16.3 Å². The molecular formula is C13H26ClNO. The summed E-state index contributed by atoms with van der Waals surface area (Å²) in [6.45, 7) is 7.06. The molecule has 0 saturated heterocycles. The number of ether oxygens (including phenoxy) is 1. The summed E-state index contributed by atoms with van der Waals surface area (Å²) in [6, 6.07) is 0.753. The Balaban J connectivity index is 2.27. The van der Waals surface area contributed by atoms with Crippen LogP contribution in [0.4, 0.5) is 0 Å². The highest BCUT2D eigenvalue weighted by molar-refractivity contribution is 6.18. The molecule has 2 nitrogen and oxygen atoms in total. The van der Waals surface area contributed by atoms with Crippen LogP contribution in [-0.4, -0.2) is 42.6 Å². The Morgan fingerprint density at radius 1 is 1.19 bits per heavy atom. The van der Waals surface area contributed by atoms with E-state index in [9.17, 15) is 0 Å². The first-order chi connectivity index (χ1) is 7.74. The van der Waals surface area contributed by atoms with Crippen molar-refractivity contribution in [3.8, 4) is 0 Å². The average molecular weight is 248 g/mol. The summed E-state index contributed by atoms with van der Waals surface area (Å²) in [6.07, 6.45) is 7.21. The van der Waals surface area contributed by atoms with Crippen LogP contribution >= 0.6 is 11.6 Å². The standard InChI is InChI=1S/C13H26ClNO/c1-12(2)16-11-10-15(9-8-14)13-6-4-3-5-7-13/h12-13H,3-11H2,1-2H3. The van der Waals surface area contributed by atoms with Gasteiger partial charge in [0.05, 0.1) is 12.7 Å². The molecular weight excluding hydrogens is 222 g/mol. The first kappa shape index (κ1) is 14.3. The molecule has 0 unspecified atom stereocenters. The molecule has 1 fully saturated rings. The summed E-state index contributed by atoms with van der Waals surface area (Å²) < 4.78 is 5.62. The van der Waals surface area contributed by atoms with Gasteiger partial charge in [-0.3, -0.25) is 4.90 Å². The second kappa shape index (κ2) is 8.32. The largest absolute Gasteiger partial charge is 0.377 e. The van der Waals surface area contributed by atoms with Crippen LogP contribution in [0.15, 0.2) is 0 Å². The van der Waals surface area contributed by atoms with E-state index in [1.165, 1.54) is 32.1 Å². The molecule has 0 aliphatic heterocycles. The van der Waals surface area contributed by atoms with E-state index in [1.54, 1.807) is 0 Å². The van der Waals surface area contributed by atoms with Crippen molar-refractivity contribution in [2.75, 3.05) is 25.6 Å². The Morgan fingerprint density at radius 2 is 1.88 bits per heavy atom. The van der Waals surface area contributed by atoms with Crippen molar-refractivity contribution in [2.24, 2.45) is 0 Å². The molecule has 0 aromatic rings. The fraction of sp³-hybridized carbons (Fsp3) is 1.00. The minimum Gasteiger partial charge on any atom is -0.377 e. The summed E-state index contributed by atoms with van der Waals surface area (Å²) >= 11 is 5.87. The lowest BCUT2D eigenvalue weighted by molar-refractivity contribution is 0.0452. The van der Waals surface area contributed by atoms with Gasteiger partial charge in [0.25, 0.3) is 0 Å². The van der Waals surface area contributed by atoms with Crippen LogP contribution in [0.2, 0.25) is 0 Å². The molecule has 1 rings (SSSR count). The number of nitrogens with zero attached hydrogens (tertiary/aromatic N) is 1. The molecule has 1 aliphatic rings. The summed E-state index contributed by atoms with van der Waals surface area (Å²) in [7, 11) is 0. The lowest BCUT2D eigenvalue weighted by Crippen LogP contribution is -2.40. The minimum absolute atomic E-state index is 0.337. The van der Waals surface area contributed by atoms with Gasteiger partial charge >= 0.3 is 0 Å². The maximum atomic E-state index is 5.87. The number of hydrogen-bond donors (Lipinski definition) is 0. The van der Waals surface area contributed by atoms with Gasteiger partial charge in [-0.1, -0.05) is 19.3 Å². The second-order valence-electron chi connectivity index (χ2n) is 4.94. The Labute approximate surface area is 105 Å². The molecule has 0 spiro atoms. The molecule has 0 heterocycles. The number of hydrogen-bond acceptors (Lipinski definition) is 2. The maximum absolute atomic E-state index is 5.87. The van der Waals surface area contributed by atoms with Gasteiger partial charge < -0.3 is 4.74 Å². The third-order valence-corrected chi connectivity index (χ3v) is 3.46. The molecule has 0 atom stereocenters. The molecule has 0 aromatic heterocycles. The van der Waals surface area contributed by atoms with Crippen molar-refractivity contribution in [1.29, 1.82) is 0 Å². The first-order valence-corrected chi connectivity index (χ1v) is 7.19. The number of halogens is 1. The highest BCUT2D eigenvalue weighted by atomic mass is 35.5. The van der Waals surface area contributed by atoms with Gasteiger partial charge in [-0.25, -0.2) is 0 Å². The molecule has 1 aliphatic carbocycles. The molecule has 0 bridgehead atoms. The Hall–Kier alpha value is 0.210. The molecule has 16 heavy (non-hydrogen) atoms. The molecule has 0 N–H and O–H groups in total. The van der Waals surface area contributed by atoms with Crippen LogP contribution in [-0.2, 0) is 4.74 Å². The van der Waals surface area contributed by atoms with E-state index in [0.29, 0.717) is 6.10 Å². The molecule has 0 amide bonds. The number of alkyl halides is 1. The lowest BCUT2D eigenvalue weighted by atomic mass is 9.94. The monoisotopic (exact) mass is 247 g/mol. The third kappa shape index (κ3) is 5.51. The third-order valence-electron chi connectivity index (χ3n) is 3.29. The van der Waals surface area contributed by atoms with Crippen molar-refractivity contribution in [2.45, 2.75) is 58.1 Å². The molecule has 0 radical (unpaired) electrons. The van der Waals surface area contributed by atoms with E-state index in [0.717, 1.165) is 31.6 Å². The summed E-state index contributed by atoms with van der Waals surface area (Å²) in [5.41, 5.74) is 0. The topological polar surface area (TPSA) is 12.5 Å². The molecule has 1 saturated carbocycles. The fourth-order valence-electron chi connectivity index (χ4n) is 2.44. The predicted molar refractivity (Wildman–Crippen MR) is 70.3 cm³/mol. The highest BCUT2D eigenvalue weighted by Crippen LogP contribution is 2.22. The van der Waals surface area contributed by atoms with Gasteiger partial charge in [-0.05, 0) is 26.7 Å². The second-order valence-corrected chi connectivity index (χ2v) is 5.31. The predicted octanol–water partition coefficient (Wildman–Crippen LogP) is 3.28. The van der Waals surface area contributed by atoms with Gasteiger partial charge in [-0.2, -0.15) is 0 Å². The molecule has 3 heteroatoms. The van der Waals surface area contributed by atoms with Crippen molar-refractivity contribution >= 4 is 11.6 Å². The highest BCUT2D eigenvalue weighted by Gasteiger charge is 2.20. The Kier molecular flexibility index (Phi) is 7.42. The lowest BCUT2D eigenvalue weighted by Gasteiger charge is -2.34. The first-order valence-electron chi connectivity index (χ1n) is 6.65. The van der Waals surface area contributed by atoms with Crippen molar-refractivity contribution in [3.05, 3.63) is 0 Å². The maximum Gasteiger partial charge on any atom is 0.0597 e. The fourth-order valence-corrected chi connectivity index (χ4v) is 2.65. The van der Waals surface area contributed by atoms with Crippen molar-refractivity contribution < 1.29 is 4.74 Å². The normalized spacial score (nSPS) is 18.6. The van der Waals surface area contributed by atoms with Gasteiger partial charge in [-0.15, -0.1) is 11.6 Å². The summed E-state index contributed by atoms with van der Waals surface area (Å²) in [5, 5.41) is 0. The average Bonchev–Trinajstić information content (AvgIpc) is 2.29. The van der Waals surface area contributed by atoms with E-state index >= 15 is 0 Å². The number of rotatable bonds is 7. The zero-order chi connectivity index (χ0) is 11.8. The van der Waals surface area contributed by atoms with Crippen LogP contribution in [0.1, 0.15) is 46.0 Å². The minimum atomic E-state index is 0.337. The molecule has 96 valence electrons. The quantitative estimate of drug-likeness (QED) is 0.641. The summed E-state index contributed by atoms with van der Waals surface area (Å²) in [5.74, 6) is 0.734. The molecule has 0 aromatic carbocycles. The van der Waals surface area contributed by atoms with Crippen LogP contribution in [0.5, 0.6) is 0 Å². The van der Waals surface area contributed by atoms with Gasteiger partial charge in [0, 0.05) is 25.0 Å². The van der Waals surface area contributed by atoms with Crippen molar-refractivity contribution in [1.82, 2.24) is 4.90 Å². The van der Waals surface area contributed by atoms with Crippen LogP contribution in [0.3, 0.4) is 0 Å². The summed E-state index contributed by atoms with van der Waals surface area (Å²) in [4.78, 5) is 2.52. The van der Waals surface area contributed by atoms with Gasteiger partial charge in [0.1, 0.15) is 0 Å².